The maximum atomic E-state index is 13.2. The molecule has 0 saturated heterocycles. The molecule has 0 heterocycles. The molecule has 1 unspecified atom stereocenters. The molecule has 3 nitrogen and oxygen atoms in total. The number of halogens is 2. The zero-order valence-electron chi connectivity index (χ0n) is 10.7. The van der Waals surface area contributed by atoms with E-state index >= 15 is 0 Å². The van der Waals surface area contributed by atoms with Crippen LogP contribution >= 0.6 is 11.6 Å². The highest BCUT2D eigenvalue weighted by atomic mass is 35.5. The number of nitrogens with zero attached hydrogens (tertiary/aromatic N) is 1. The molecule has 0 spiro atoms. The van der Waals surface area contributed by atoms with Crippen LogP contribution in [0.3, 0.4) is 0 Å². The summed E-state index contributed by atoms with van der Waals surface area (Å²) in [5.41, 5.74) is 0.530. The molecule has 1 atom stereocenters. The van der Waals surface area contributed by atoms with Crippen LogP contribution in [0.5, 0.6) is 0 Å². The summed E-state index contributed by atoms with van der Waals surface area (Å²) in [5, 5.41) is -0.101. The number of alkyl halides is 1. The van der Waals surface area contributed by atoms with Gasteiger partial charge >= 0.3 is 0 Å². The van der Waals surface area contributed by atoms with Gasteiger partial charge in [0.25, 0.3) is 0 Å². The summed E-state index contributed by atoms with van der Waals surface area (Å²) in [6, 6.07) is 3.75. The van der Waals surface area contributed by atoms with Gasteiger partial charge in [0.05, 0.1) is 4.90 Å². The van der Waals surface area contributed by atoms with E-state index in [4.69, 9.17) is 11.6 Å². The Balaban J connectivity index is 3.02. The van der Waals surface area contributed by atoms with Crippen LogP contribution in [-0.2, 0) is 10.0 Å². The lowest BCUT2D eigenvalue weighted by atomic mass is 10.2. The summed E-state index contributed by atoms with van der Waals surface area (Å²) >= 11 is 5.79. The van der Waals surface area contributed by atoms with Gasteiger partial charge in [0, 0.05) is 19.0 Å². The largest absolute Gasteiger partial charge is 0.243 e. The molecule has 0 amide bonds. The van der Waals surface area contributed by atoms with Crippen LogP contribution in [0.15, 0.2) is 23.1 Å². The third kappa shape index (κ3) is 3.67. The van der Waals surface area contributed by atoms with E-state index in [0.717, 1.165) is 6.07 Å². The molecule has 0 aliphatic heterocycles. The summed E-state index contributed by atoms with van der Waals surface area (Å²) in [6.07, 6.45) is 0.547. The van der Waals surface area contributed by atoms with Crippen LogP contribution in [0.1, 0.15) is 18.9 Å². The highest BCUT2D eigenvalue weighted by Gasteiger charge is 2.23. The first-order valence-electron chi connectivity index (χ1n) is 5.61. The number of hydrogen-bond acceptors (Lipinski definition) is 2. The zero-order chi connectivity index (χ0) is 13.9. The van der Waals surface area contributed by atoms with Gasteiger partial charge in [-0.1, -0.05) is 6.07 Å². The Morgan fingerprint density at radius 3 is 2.61 bits per heavy atom. The molecule has 102 valence electrons. The zero-order valence-corrected chi connectivity index (χ0v) is 12.2. The Morgan fingerprint density at radius 2 is 2.06 bits per heavy atom. The number of rotatable bonds is 5. The van der Waals surface area contributed by atoms with Gasteiger partial charge in [-0.25, -0.2) is 17.1 Å². The van der Waals surface area contributed by atoms with Crippen molar-refractivity contribution in [3.8, 4) is 0 Å². The number of aryl methyl sites for hydroxylation is 1. The maximum absolute atomic E-state index is 13.2. The Bertz CT molecular complexity index is 517. The molecule has 0 aliphatic carbocycles. The maximum Gasteiger partial charge on any atom is 0.243 e. The molecule has 6 heteroatoms. The van der Waals surface area contributed by atoms with Crippen molar-refractivity contribution in [2.45, 2.75) is 30.5 Å². The third-order valence-corrected chi connectivity index (χ3v) is 4.90. The minimum absolute atomic E-state index is 0.00669. The molecular formula is C12H17ClFNO2S. The first-order valence-corrected chi connectivity index (χ1v) is 7.49. The second-order valence-corrected chi connectivity index (χ2v) is 7.06. The highest BCUT2D eigenvalue weighted by molar-refractivity contribution is 7.89. The smallest absolute Gasteiger partial charge is 0.207 e. The lowest BCUT2D eigenvalue weighted by molar-refractivity contribution is 0.459. The predicted molar refractivity (Wildman–Crippen MR) is 70.9 cm³/mol. The van der Waals surface area contributed by atoms with Crippen molar-refractivity contribution in [2.75, 3.05) is 13.6 Å². The van der Waals surface area contributed by atoms with Crippen molar-refractivity contribution in [1.82, 2.24) is 4.31 Å². The molecular weight excluding hydrogens is 277 g/mol. The number of benzene rings is 1. The van der Waals surface area contributed by atoms with Gasteiger partial charge in [0.2, 0.25) is 10.0 Å². The summed E-state index contributed by atoms with van der Waals surface area (Å²) in [4.78, 5) is 0.00669. The molecule has 18 heavy (non-hydrogen) atoms. The van der Waals surface area contributed by atoms with E-state index in [9.17, 15) is 12.8 Å². The van der Waals surface area contributed by atoms with Crippen molar-refractivity contribution in [3.05, 3.63) is 29.6 Å². The first-order chi connectivity index (χ1) is 8.25. The van der Waals surface area contributed by atoms with Crippen LogP contribution < -0.4 is 0 Å². The summed E-state index contributed by atoms with van der Waals surface area (Å²) in [6.45, 7) is 3.75. The van der Waals surface area contributed by atoms with Crippen molar-refractivity contribution in [1.29, 1.82) is 0 Å². The standard InChI is InChI=1S/C12H17ClFNO2S/c1-9-4-5-11(14)8-12(9)18(16,17)15(3)7-6-10(2)13/h4-5,8,10H,6-7H2,1-3H3. The fourth-order valence-electron chi connectivity index (χ4n) is 1.50. The van der Waals surface area contributed by atoms with Crippen molar-refractivity contribution >= 4 is 21.6 Å². The molecule has 0 radical (unpaired) electrons. The summed E-state index contributed by atoms with van der Waals surface area (Å²) < 4.78 is 38.8. The summed E-state index contributed by atoms with van der Waals surface area (Å²) in [5.74, 6) is -0.557. The Labute approximate surface area is 113 Å². The molecule has 0 saturated carbocycles. The first kappa shape index (κ1) is 15.4. The molecule has 0 aromatic heterocycles. The molecule has 0 bridgehead atoms. The minimum atomic E-state index is -3.65. The molecule has 0 N–H and O–H groups in total. The van der Waals surface area contributed by atoms with E-state index in [1.165, 1.54) is 23.5 Å². The number of hydrogen-bond donors (Lipinski definition) is 0. The van der Waals surface area contributed by atoms with Gasteiger partial charge in [0.1, 0.15) is 5.82 Å². The highest BCUT2D eigenvalue weighted by Crippen LogP contribution is 2.20. The number of sulfonamides is 1. The third-order valence-electron chi connectivity index (χ3n) is 2.68. The Kier molecular flexibility index (Phi) is 5.13. The average molecular weight is 294 g/mol. The fourth-order valence-corrected chi connectivity index (χ4v) is 3.02. The van der Waals surface area contributed by atoms with Gasteiger partial charge in [0.15, 0.2) is 0 Å². The molecule has 0 aliphatic rings. The SMILES string of the molecule is Cc1ccc(F)cc1S(=O)(=O)N(C)CCC(C)Cl. The Hall–Kier alpha value is -0.650. The predicted octanol–water partition coefficient (Wildman–Crippen LogP) is 2.77. The van der Waals surface area contributed by atoms with E-state index in [0.29, 0.717) is 18.5 Å². The topological polar surface area (TPSA) is 37.4 Å². The monoisotopic (exact) mass is 293 g/mol. The second kappa shape index (κ2) is 5.99. The van der Waals surface area contributed by atoms with Crippen molar-refractivity contribution in [3.63, 3.8) is 0 Å². The van der Waals surface area contributed by atoms with Crippen LogP contribution in [0, 0.1) is 12.7 Å². The summed E-state index contributed by atoms with van der Waals surface area (Å²) in [7, 11) is -2.18. The van der Waals surface area contributed by atoms with E-state index in [1.54, 1.807) is 13.8 Å². The quantitative estimate of drug-likeness (QED) is 0.783. The van der Waals surface area contributed by atoms with Gasteiger partial charge in [-0.2, -0.15) is 0 Å². The minimum Gasteiger partial charge on any atom is -0.207 e. The van der Waals surface area contributed by atoms with E-state index in [-0.39, 0.29) is 10.3 Å². The second-order valence-electron chi connectivity index (χ2n) is 4.31. The van der Waals surface area contributed by atoms with E-state index in [1.807, 2.05) is 0 Å². The lowest BCUT2D eigenvalue weighted by Gasteiger charge is -2.19. The molecule has 1 aromatic carbocycles. The van der Waals surface area contributed by atoms with E-state index in [2.05, 4.69) is 0 Å². The Morgan fingerprint density at radius 1 is 1.44 bits per heavy atom. The van der Waals surface area contributed by atoms with Crippen molar-refractivity contribution in [2.24, 2.45) is 0 Å². The van der Waals surface area contributed by atoms with Crippen molar-refractivity contribution < 1.29 is 12.8 Å². The average Bonchev–Trinajstić information content (AvgIpc) is 2.28. The van der Waals surface area contributed by atoms with Crippen LogP contribution in [0.25, 0.3) is 0 Å². The molecule has 1 aromatic rings. The van der Waals surface area contributed by atoms with Gasteiger partial charge in [-0.15, -0.1) is 11.6 Å². The lowest BCUT2D eigenvalue weighted by Crippen LogP contribution is -2.29. The normalized spacial score (nSPS) is 13.9. The fraction of sp³-hybridized carbons (Fsp3) is 0.500. The van der Waals surface area contributed by atoms with Crippen LogP contribution in [-0.4, -0.2) is 31.7 Å². The van der Waals surface area contributed by atoms with Gasteiger partial charge in [-0.3, -0.25) is 0 Å². The van der Waals surface area contributed by atoms with E-state index < -0.39 is 15.8 Å². The van der Waals surface area contributed by atoms with Crippen LogP contribution in [0.2, 0.25) is 0 Å². The molecule has 0 fully saturated rings. The van der Waals surface area contributed by atoms with Crippen LogP contribution in [0.4, 0.5) is 4.39 Å². The van der Waals surface area contributed by atoms with Gasteiger partial charge in [-0.05, 0) is 38.0 Å². The molecule has 1 rings (SSSR count). The van der Waals surface area contributed by atoms with Gasteiger partial charge < -0.3 is 0 Å².